The van der Waals surface area contributed by atoms with Gasteiger partial charge in [0.1, 0.15) is 0 Å². The second-order valence-corrected chi connectivity index (χ2v) is 8.87. The maximum Gasteiger partial charge on any atom is 0.321 e. The minimum atomic E-state index is -0.0863. The molecule has 3 amide bonds. The van der Waals surface area contributed by atoms with Gasteiger partial charge in [-0.2, -0.15) is 0 Å². The van der Waals surface area contributed by atoms with Crippen LogP contribution >= 0.6 is 11.3 Å². The summed E-state index contributed by atoms with van der Waals surface area (Å²) >= 11 is 1.75. The Morgan fingerprint density at radius 1 is 1.21 bits per heavy atom. The van der Waals surface area contributed by atoms with Crippen molar-refractivity contribution in [2.75, 3.05) is 37.6 Å². The van der Waals surface area contributed by atoms with Crippen LogP contribution in [0.3, 0.4) is 0 Å². The van der Waals surface area contributed by atoms with Gasteiger partial charge in [0.2, 0.25) is 0 Å². The van der Waals surface area contributed by atoms with E-state index in [1.807, 2.05) is 12.1 Å². The maximum atomic E-state index is 12.7. The number of hydrogen-bond donors (Lipinski definition) is 2. The molecule has 6 nitrogen and oxygen atoms in total. The van der Waals surface area contributed by atoms with Crippen LogP contribution in [-0.2, 0) is 0 Å². The third kappa shape index (κ3) is 4.62. The van der Waals surface area contributed by atoms with Crippen molar-refractivity contribution in [3.05, 3.63) is 52.2 Å². The quantitative estimate of drug-likeness (QED) is 0.763. The highest BCUT2D eigenvalue weighted by Crippen LogP contribution is 2.29. The van der Waals surface area contributed by atoms with Gasteiger partial charge < -0.3 is 10.6 Å². The highest BCUT2D eigenvalue weighted by atomic mass is 32.1. The number of piperidine rings is 1. The number of hydrogen-bond acceptors (Lipinski definition) is 4. The Bertz CT molecular complexity index is 829. The number of anilines is 1. The van der Waals surface area contributed by atoms with Crippen molar-refractivity contribution in [2.24, 2.45) is 5.92 Å². The molecule has 0 radical (unpaired) electrons. The third-order valence-electron chi connectivity index (χ3n) is 5.88. The first-order valence-corrected chi connectivity index (χ1v) is 11.2. The number of amides is 3. The molecule has 1 unspecified atom stereocenters. The van der Waals surface area contributed by atoms with Crippen molar-refractivity contribution in [1.82, 2.24) is 15.5 Å². The van der Waals surface area contributed by atoms with E-state index in [4.69, 9.17) is 0 Å². The predicted molar refractivity (Wildman–Crippen MR) is 117 cm³/mol. The lowest BCUT2D eigenvalue weighted by atomic mass is 9.97. The van der Waals surface area contributed by atoms with Crippen LogP contribution in [0.25, 0.3) is 0 Å². The predicted octanol–water partition coefficient (Wildman–Crippen LogP) is 3.48. The van der Waals surface area contributed by atoms with E-state index in [2.05, 4.69) is 40.0 Å². The number of carbonyl (C=O) groups is 2. The lowest BCUT2D eigenvalue weighted by Crippen LogP contribution is -2.41. The van der Waals surface area contributed by atoms with E-state index in [-0.39, 0.29) is 18.0 Å². The first kappa shape index (κ1) is 19.9. The molecule has 3 heterocycles. The molecular weight excluding hydrogens is 384 g/mol. The van der Waals surface area contributed by atoms with Crippen molar-refractivity contribution in [2.45, 2.75) is 25.8 Å². The van der Waals surface area contributed by atoms with Gasteiger partial charge in [0.25, 0.3) is 5.91 Å². The van der Waals surface area contributed by atoms with E-state index in [1.165, 1.54) is 17.7 Å². The fourth-order valence-corrected chi connectivity index (χ4v) is 4.89. The molecule has 1 atom stereocenters. The minimum absolute atomic E-state index is 0.0747. The van der Waals surface area contributed by atoms with Gasteiger partial charge in [0.15, 0.2) is 0 Å². The van der Waals surface area contributed by atoms with E-state index in [0.717, 1.165) is 24.7 Å². The normalized spacial score (nSPS) is 19.2. The van der Waals surface area contributed by atoms with E-state index in [9.17, 15) is 9.59 Å². The van der Waals surface area contributed by atoms with Gasteiger partial charge in [0.05, 0.1) is 6.04 Å². The average molecular weight is 413 g/mol. The summed E-state index contributed by atoms with van der Waals surface area (Å²) in [6, 6.07) is 11.6. The largest absolute Gasteiger partial charge is 0.350 e. The zero-order valence-corrected chi connectivity index (χ0v) is 17.6. The fraction of sp³-hybridized carbons (Fsp3) is 0.455. The van der Waals surface area contributed by atoms with Gasteiger partial charge in [-0.3, -0.25) is 14.6 Å². The molecule has 0 spiro atoms. The summed E-state index contributed by atoms with van der Waals surface area (Å²) in [4.78, 5) is 30.0. The highest BCUT2D eigenvalue weighted by Gasteiger charge is 2.26. The van der Waals surface area contributed by atoms with Crippen LogP contribution in [0, 0.1) is 5.92 Å². The lowest BCUT2D eigenvalue weighted by Gasteiger charge is -2.36. The number of benzene rings is 1. The number of rotatable bonds is 6. The molecule has 0 aliphatic carbocycles. The molecule has 154 valence electrons. The first-order valence-electron chi connectivity index (χ1n) is 10.3. The molecule has 2 aromatic rings. The van der Waals surface area contributed by atoms with Gasteiger partial charge in [-0.15, -0.1) is 11.3 Å². The zero-order valence-electron chi connectivity index (χ0n) is 16.8. The molecule has 0 bridgehead atoms. The first-order chi connectivity index (χ1) is 14.1. The Balaban J connectivity index is 1.39. The summed E-state index contributed by atoms with van der Waals surface area (Å²) in [7, 11) is 0. The van der Waals surface area contributed by atoms with Crippen molar-refractivity contribution >= 4 is 29.0 Å². The second-order valence-electron chi connectivity index (χ2n) is 7.89. The summed E-state index contributed by atoms with van der Waals surface area (Å²) in [5.41, 5.74) is 1.43. The van der Waals surface area contributed by atoms with Gasteiger partial charge in [-0.25, -0.2) is 4.79 Å². The summed E-state index contributed by atoms with van der Waals surface area (Å²) in [6.07, 6.45) is 2.42. The van der Waals surface area contributed by atoms with E-state index < -0.39 is 0 Å². The Morgan fingerprint density at radius 2 is 1.97 bits per heavy atom. The van der Waals surface area contributed by atoms with Crippen molar-refractivity contribution in [1.29, 1.82) is 0 Å². The van der Waals surface area contributed by atoms with Crippen LogP contribution in [0.5, 0.6) is 0 Å². The lowest BCUT2D eigenvalue weighted by molar-refractivity contribution is 0.0915. The van der Waals surface area contributed by atoms with Gasteiger partial charge >= 0.3 is 6.03 Å². The van der Waals surface area contributed by atoms with Crippen LogP contribution in [0.2, 0.25) is 0 Å². The molecule has 2 aliphatic rings. The summed E-state index contributed by atoms with van der Waals surface area (Å²) < 4.78 is 0. The van der Waals surface area contributed by atoms with Gasteiger partial charge in [0, 0.05) is 35.8 Å². The van der Waals surface area contributed by atoms with Crippen LogP contribution in [-0.4, -0.2) is 49.6 Å². The smallest absolute Gasteiger partial charge is 0.321 e. The molecule has 1 aromatic heterocycles. The second kappa shape index (κ2) is 8.97. The molecule has 29 heavy (non-hydrogen) atoms. The summed E-state index contributed by atoms with van der Waals surface area (Å²) in [5, 5.41) is 8.02. The van der Waals surface area contributed by atoms with Gasteiger partial charge in [-0.05, 0) is 67.6 Å². The van der Waals surface area contributed by atoms with Crippen molar-refractivity contribution < 1.29 is 9.59 Å². The average Bonchev–Trinajstić information content (AvgIpc) is 3.41. The highest BCUT2D eigenvalue weighted by molar-refractivity contribution is 7.10. The van der Waals surface area contributed by atoms with Gasteiger partial charge in [-0.1, -0.05) is 13.0 Å². The van der Waals surface area contributed by atoms with Crippen molar-refractivity contribution in [3.63, 3.8) is 0 Å². The summed E-state index contributed by atoms with van der Waals surface area (Å²) in [6.45, 7) is 6.37. The number of nitrogens with zero attached hydrogens (tertiary/aromatic N) is 2. The van der Waals surface area contributed by atoms with Crippen LogP contribution in [0.1, 0.15) is 41.0 Å². The number of carbonyl (C=O) groups excluding carboxylic acids is 2. The molecule has 1 aromatic carbocycles. The molecule has 0 saturated carbocycles. The number of urea groups is 1. The fourth-order valence-electron chi connectivity index (χ4n) is 4.03. The molecule has 4 rings (SSSR count). The van der Waals surface area contributed by atoms with E-state index >= 15 is 0 Å². The minimum Gasteiger partial charge on any atom is -0.350 e. The van der Waals surface area contributed by atoms with Crippen LogP contribution in [0.15, 0.2) is 41.8 Å². The zero-order chi connectivity index (χ0) is 20.2. The number of likely N-dealkylation sites (tertiary alicyclic amines) is 1. The Hall–Kier alpha value is -2.38. The third-order valence-corrected chi connectivity index (χ3v) is 6.86. The molecule has 2 saturated heterocycles. The molecule has 2 aliphatic heterocycles. The Labute approximate surface area is 175 Å². The summed E-state index contributed by atoms with van der Waals surface area (Å²) in [5.74, 6) is 0.704. The topological polar surface area (TPSA) is 64.7 Å². The molecule has 7 heteroatoms. The van der Waals surface area contributed by atoms with Crippen molar-refractivity contribution in [3.8, 4) is 0 Å². The standard InChI is InChI=1S/C22H28N4O2S/c1-16-8-11-25(12-9-16)19(20-3-2-14-29-20)15-24-21(27)17-4-6-18(7-5-17)26-13-10-23-22(26)28/h2-7,14,16,19H,8-13,15H2,1H3,(H,23,28)(H,24,27). The van der Waals surface area contributed by atoms with Crippen LogP contribution in [0.4, 0.5) is 10.5 Å². The van der Waals surface area contributed by atoms with E-state index in [0.29, 0.717) is 25.2 Å². The molecule has 2 N–H and O–H groups in total. The maximum absolute atomic E-state index is 12.7. The monoisotopic (exact) mass is 412 g/mol. The Morgan fingerprint density at radius 3 is 2.59 bits per heavy atom. The number of nitrogens with one attached hydrogen (secondary N) is 2. The SMILES string of the molecule is CC1CCN(C(CNC(=O)c2ccc(N3CCNC3=O)cc2)c2cccs2)CC1. The number of thiophene rings is 1. The molecule has 2 fully saturated rings. The van der Waals surface area contributed by atoms with Crippen LogP contribution < -0.4 is 15.5 Å². The molecular formula is C22H28N4O2S. The Kier molecular flexibility index (Phi) is 6.16. The van der Waals surface area contributed by atoms with E-state index in [1.54, 1.807) is 28.4 Å².